The highest BCUT2D eigenvalue weighted by Gasteiger charge is 2.09. The molecule has 19 heavy (non-hydrogen) atoms. The third-order valence-electron chi connectivity index (χ3n) is 3.48. The quantitative estimate of drug-likeness (QED) is 0.754. The molecule has 0 unspecified atom stereocenters. The maximum Gasteiger partial charge on any atom is 0.140 e. The third-order valence-corrected chi connectivity index (χ3v) is 3.48. The van der Waals surface area contributed by atoms with Gasteiger partial charge in [0, 0.05) is 25.3 Å². The van der Waals surface area contributed by atoms with Crippen LogP contribution in [0.25, 0.3) is 22.4 Å². The first kappa shape index (κ1) is 11.8. The van der Waals surface area contributed by atoms with Crippen LogP contribution >= 0.6 is 0 Å². The van der Waals surface area contributed by atoms with E-state index in [0.29, 0.717) is 0 Å². The van der Waals surface area contributed by atoms with Crippen LogP contribution in [-0.2, 0) is 7.05 Å². The average Bonchev–Trinajstić information content (AvgIpc) is 2.76. The number of hydrogen-bond acceptors (Lipinski definition) is 2. The van der Waals surface area contributed by atoms with E-state index >= 15 is 0 Å². The number of anilines is 1. The SMILES string of the molecule is CNc1ccc2nc(-c3ccc(C)cc3)n(C)c2c1. The van der Waals surface area contributed by atoms with Crippen LogP contribution in [0, 0.1) is 6.92 Å². The lowest BCUT2D eigenvalue weighted by Gasteiger charge is -2.04. The fraction of sp³-hybridized carbons (Fsp3) is 0.188. The van der Waals surface area contributed by atoms with E-state index in [9.17, 15) is 0 Å². The van der Waals surface area contributed by atoms with E-state index in [0.717, 1.165) is 28.1 Å². The number of aromatic nitrogens is 2. The molecule has 0 amide bonds. The molecule has 0 saturated heterocycles. The third kappa shape index (κ3) is 1.97. The van der Waals surface area contributed by atoms with Gasteiger partial charge in [-0.2, -0.15) is 0 Å². The van der Waals surface area contributed by atoms with Gasteiger partial charge in [0.2, 0.25) is 0 Å². The van der Waals surface area contributed by atoms with Crippen LogP contribution in [0.5, 0.6) is 0 Å². The Labute approximate surface area is 112 Å². The lowest BCUT2D eigenvalue weighted by Crippen LogP contribution is -1.93. The molecule has 3 aromatic rings. The molecule has 1 aromatic heterocycles. The standard InChI is InChI=1S/C16H17N3/c1-11-4-6-12(7-5-11)16-18-14-9-8-13(17-2)10-15(14)19(16)3/h4-10,17H,1-3H3. The van der Waals surface area contributed by atoms with Crippen LogP contribution in [0.15, 0.2) is 42.5 Å². The van der Waals surface area contributed by atoms with Crippen LogP contribution in [0.2, 0.25) is 0 Å². The zero-order valence-electron chi connectivity index (χ0n) is 11.4. The Hall–Kier alpha value is -2.29. The summed E-state index contributed by atoms with van der Waals surface area (Å²) in [6.45, 7) is 2.10. The topological polar surface area (TPSA) is 29.9 Å². The lowest BCUT2D eigenvalue weighted by molar-refractivity contribution is 0.959. The number of rotatable bonds is 2. The van der Waals surface area contributed by atoms with Crippen molar-refractivity contribution in [3.63, 3.8) is 0 Å². The van der Waals surface area contributed by atoms with Gasteiger partial charge in [0.15, 0.2) is 0 Å². The van der Waals surface area contributed by atoms with Crippen LogP contribution in [0.4, 0.5) is 5.69 Å². The van der Waals surface area contributed by atoms with Crippen molar-refractivity contribution in [2.45, 2.75) is 6.92 Å². The molecule has 0 spiro atoms. The molecule has 1 N–H and O–H groups in total. The molecule has 0 bridgehead atoms. The summed E-state index contributed by atoms with van der Waals surface area (Å²) in [4.78, 5) is 4.72. The van der Waals surface area contributed by atoms with Gasteiger partial charge in [0.05, 0.1) is 11.0 Å². The molecule has 0 radical (unpaired) electrons. The number of imidazole rings is 1. The molecule has 0 fully saturated rings. The minimum atomic E-state index is 1.00. The summed E-state index contributed by atoms with van der Waals surface area (Å²) in [7, 11) is 3.99. The number of aryl methyl sites for hydroxylation is 2. The van der Waals surface area contributed by atoms with Gasteiger partial charge in [0.25, 0.3) is 0 Å². The highest BCUT2D eigenvalue weighted by Crippen LogP contribution is 2.25. The van der Waals surface area contributed by atoms with E-state index < -0.39 is 0 Å². The van der Waals surface area contributed by atoms with Gasteiger partial charge in [-0.3, -0.25) is 0 Å². The molecule has 96 valence electrons. The van der Waals surface area contributed by atoms with Crippen molar-refractivity contribution in [2.75, 3.05) is 12.4 Å². The van der Waals surface area contributed by atoms with E-state index in [1.54, 1.807) is 0 Å². The maximum atomic E-state index is 4.72. The molecular weight excluding hydrogens is 234 g/mol. The predicted molar refractivity (Wildman–Crippen MR) is 80.4 cm³/mol. The second-order valence-electron chi connectivity index (χ2n) is 4.81. The minimum Gasteiger partial charge on any atom is -0.388 e. The summed E-state index contributed by atoms with van der Waals surface area (Å²) < 4.78 is 2.14. The average molecular weight is 251 g/mol. The number of fused-ring (bicyclic) bond motifs is 1. The normalized spacial score (nSPS) is 10.9. The highest BCUT2D eigenvalue weighted by molar-refractivity contribution is 5.83. The van der Waals surface area contributed by atoms with E-state index in [1.165, 1.54) is 5.56 Å². The van der Waals surface area contributed by atoms with Gasteiger partial charge in [-0.1, -0.05) is 29.8 Å². The van der Waals surface area contributed by atoms with E-state index in [4.69, 9.17) is 4.98 Å². The largest absolute Gasteiger partial charge is 0.388 e. The Balaban J connectivity index is 2.19. The summed E-state index contributed by atoms with van der Waals surface area (Å²) in [6, 6.07) is 14.7. The zero-order chi connectivity index (χ0) is 13.4. The monoisotopic (exact) mass is 251 g/mol. The highest BCUT2D eigenvalue weighted by atomic mass is 15.1. The predicted octanol–water partition coefficient (Wildman–Crippen LogP) is 3.59. The first-order valence-electron chi connectivity index (χ1n) is 6.40. The van der Waals surface area contributed by atoms with Gasteiger partial charge in [0.1, 0.15) is 5.82 Å². The number of benzene rings is 2. The van der Waals surface area contributed by atoms with Gasteiger partial charge < -0.3 is 9.88 Å². The molecule has 0 saturated carbocycles. The molecule has 1 heterocycles. The van der Waals surface area contributed by atoms with Gasteiger partial charge in [-0.25, -0.2) is 4.98 Å². The number of nitrogens with one attached hydrogen (secondary N) is 1. The van der Waals surface area contributed by atoms with Gasteiger partial charge in [-0.15, -0.1) is 0 Å². The molecule has 0 aliphatic rings. The number of hydrogen-bond donors (Lipinski definition) is 1. The first-order chi connectivity index (χ1) is 9.19. The smallest absolute Gasteiger partial charge is 0.140 e. The summed E-state index contributed by atoms with van der Waals surface area (Å²) in [5.74, 6) is 1.00. The van der Waals surface area contributed by atoms with Crippen LogP contribution in [0.3, 0.4) is 0 Å². The molecule has 2 aromatic carbocycles. The molecule has 3 rings (SSSR count). The summed E-state index contributed by atoms with van der Waals surface area (Å²) in [5.41, 5.74) is 5.68. The molecule has 0 aliphatic carbocycles. The van der Waals surface area contributed by atoms with E-state index in [-0.39, 0.29) is 0 Å². The molecular formula is C16H17N3. The Bertz CT molecular complexity index is 724. The molecule has 3 nitrogen and oxygen atoms in total. The van der Waals surface area contributed by atoms with E-state index in [1.807, 2.05) is 13.1 Å². The van der Waals surface area contributed by atoms with Crippen LogP contribution in [0.1, 0.15) is 5.56 Å². The second kappa shape index (κ2) is 4.43. The maximum absolute atomic E-state index is 4.72. The molecule has 0 atom stereocenters. The van der Waals surface area contributed by atoms with Crippen molar-refractivity contribution in [3.8, 4) is 11.4 Å². The van der Waals surface area contributed by atoms with Crippen molar-refractivity contribution < 1.29 is 0 Å². The summed E-state index contributed by atoms with van der Waals surface area (Å²) in [5, 5.41) is 3.16. The summed E-state index contributed by atoms with van der Waals surface area (Å²) >= 11 is 0. The fourth-order valence-electron chi connectivity index (χ4n) is 2.31. The van der Waals surface area contributed by atoms with Gasteiger partial charge >= 0.3 is 0 Å². The fourth-order valence-corrected chi connectivity index (χ4v) is 2.31. The van der Waals surface area contributed by atoms with Crippen molar-refractivity contribution >= 4 is 16.7 Å². The van der Waals surface area contributed by atoms with Crippen LogP contribution < -0.4 is 5.32 Å². The Morgan fingerprint density at radius 3 is 2.47 bits per heavy atom. The van der Waals surface area contributed by atoms with Gasteiger partial charge in [-0.05, 0) is 25.1 Å². The van der Waals surface area contributed by atoms with Crippen molar-refractivity contribution in [3.05, 3.63) is 48.0 Å². The molecule has 0 aliphatic heterocycles. The Kier molecular flexibility index (Phi) is 2.75. The first-order valence-corrected chi connectivity index (χ1v) is 6.40. The Morgan fingerprint density at radius 2 is 1.79 bits per heavy atom. The minimum absolute atomic E-state index is 1.00. The van der Waals surface area contributed by atoms with Crippen molar-refractivity contribution in [1.82, 2.24) is 9.55 Å². The Morgan fingerprint density at radius 1 is 1.05 bits per heavy atom. The van der Waals surface area contributed by atoms with E-state index in [2.05, 4.69) is 60.3 Å². The van der Waals surface area contributed by atoms with Crippen LogP contribution in [-0.4, -0.2) is 16.6 Å². The zero-order valence-corrected chi connectivity index (χ0v) is 11.4. The number of nitrogens with zero attached hydrogens (tertiary/aromatic N) is 2. The molecule has 3 heteroatoms. The van der Waals surface area contributed by atoms with Crippen molar-refractivity contribution in [1.29, 1.82) is 0 Å². The summed E-state index contributed by atoms with van der Waals surface area (Å²) in [6.07, 6.45) is 0. The van der Waals surface area contributed by atoms with Crippen molar-refractivity contribution in [2.24, 2.45) is 7.05 Å². The lowest BCUT2D eigenvalue weighted by atomic mass is 10.1. The second-order valence-corrected chi connectivity index (χ2v) is 4.81.